The largest absolute Gasteiger partial charge is 0.458 e. The third-order valence-electron chi connectivity index (χ3n) is 8.49. The minimum Gasteiger partial charge on any atom is -0.458 e. The Labute approximate surface area is 184 Å². The molecule has 1 aromatic carbocycles. The van der Waals surface area contributed by atoms with Crippen molar-refractivity contribution in [2.75, 3.05) is 4.90 Å². The van der Waals surface area contributed by atoms with Gasteiger partial charge in [0, 0.05) is 0 Å². The fourth-order valence-corrected chi connectivity index (χ4v) is 6.89. The van der Waals surface area contributed by atoms with E-state index in [0.29, 0.717) is 40.8 Å². The number of amides is 2. The van der Waals surface area contributed by atoms with Crippen LogP contribution in [-0.2, 0) is 14.3 Å². The molecule has 5 rings (SSSR count). The van der Waals surface area contributed by atoms with Crippen molar-refractivity contribution < 1.29 is 19.1 Å². The van der Waals surface area contributed by atoms with E-state index in [1.807, 2.05) is 0 Å². The first-order valence-electron chi connectivity index (χ1n) is 12.0. The summed E-state index contributed by atoms with van der Waals surface area (Å²) < 4.78 is 5.98. The van der Waals surface area contributed by atoms with Crippen molar-refractivity contribution in [1.29, 1.82) is 0 Å². The summed E-state index contributed by atoms with van der Waals surface area (Å²) >= 11 is 0. The number of benzene rings is 1. The molecule has 3 aliphatic carbocycles. The Balaban J connectivity index is 1.35. The van der Waals surface area contributed by atoms with Gasteiger partial charge in [-0.05, 0) is 79.9 Å². The molecule has 1 aliphatic heterocycles. The molecule has 7 unspecified atom stereocenters. The molecule has 0 aromatic heterocycles. The summed E-state index contributed by atoms with van der Waals surface area (Å²) in [6.07, 6.45) is 6.20. The van der Waals surface area contributed by atoms with Crippen LogP contribution in [0.4, 0.5) is 5.69 Å². The maximum absolute atomic E-state index is 13.1. The zero-order chi connectivity index (χ0) is 21.9. The van der Waals surface area contributed by atoms with Crippen molar-refractivity contribution >= 4 is 23.5 Å². The van der Waals surface area contributed by atoms with Crippen LogP contribution in [0, 0.1) is 41.4 Å². The van der Waals surface area contributed by atoms with Crippen LogP contribution in [-0.4, -0.2) is 23.9 Å². The van der Waals surface area contributed by atoms with E-state index in [9.17, 15) is 14.4 Å². The molecule has 2 bridgehead atoms. The lowest BCUT2D eigenvalue weighted by Crippen LogP contribution is -2.36. The number of esters is 1. The number of rotatable bonds is 4. The van der Waals surface area contributed by atoms with Gasteiger partial charge in [0.2, 0.25) is 11.8 Å². The van der Waals surface area contributed by atoms with Crippen LogP contribution in [0.2, 0.25) is 0 Å². The highest BCUT2D eigenvalue weighted by Gasteiger charge is 2.61. The average Bonchev–Trinajstić information content (AvgIpc) is 3.41. The smallest absolute Gasteiger partial charge is 0.338 e. The molecular formula is C26H33NO4. The lowest BCUT2D eigenvalue weighted by molar-refractivity contribution is -0.123. The first-order chi connectivity index (χ1) is 14.8. The summed E-state index contributed by atoms with van der Waals surface area (Å²) in [5.41, 5.74) is 0.925. The molecule has 5 nitrogen and oxygen atoms in total. The highest BCUT2D eigenvalue weighted by atomic mass is 16.5. The maximum Gasteiger partial charge on any atom is 0.338 e. The van der Waals surface area contributed by atoms with Crippen molar-refractivity contribution in [2.45, 2.75) is 65.4 Å². The normalized spacial score (nSPS) is 36.9. The van der Waals surface area contributed by atoms with Crippen LogP contribution in [0.5, 0.6) is 0 Å². The molecule has 5 heteroatoms. The van der Waals surface area contributed by atoms with Crippen molar-refractivity contribution in [3.05, 3.63) is 29.8 Å². The zero-order valence-electron chi connectivity index (χ0n) is 18.8. The summed E-state index contributed by atoms with van der Waals surface area (Å²) in [7, 11) is 0. The van der Waals surface area contributed by atoms with Crippen LogP contribution in [0.3, 0.4) is 0 Å². The van der Waals surface area contributed by atoms with Gasteiger partial charge in [-0.2, -0.15) is 0 Å². The number of fused-ring (bicyclic) bond motifs is 5. The summed E-state index contributed by atoms with van der Waals surface area (Å²) in [6, 6.07) is 6.89. The zero-order valence-corrected chi connectivity index (χ0v) is 18.8. The summed E-state index contributed by atoms with van der Waals surface area (Å²) in [6.45, 7) is 6.60. The van der Waals surface area contributed by atoms with Crippen molar-refractivity contribution in [3.63, 3.8) is 0 Å². The summed E-state index contributed by atoms with van der Waals surface area (Å²) in [5.74, 6) is 1.28. The second-order valence-electron chi connectivity index (χ2n) is 10.7. The lowest BCUT2D eigenvalue weighted by atomic mass is 9.75. The number of carbonyl (C=O) groups is 3. The highest BCUT2D eigenvalue weighted by molar-refractivity contribution is 6.22. The fourth-order valence-electron chi connectivity index (χ4n) is 6.89. The van der Waals surface area contributed by atoms with Gasteiger partial charge in [-0.3, -0.25) is 14.5 Å². The molecule has 2 amide bonds. The van der Waals surface area contributed by atoms with E-state index in [-0.39, 0.29) is 35.7 Å². The number of anilines is 1. The van der Waals surface area contributed by atoms with E-state index in [2.05, 4.69) is 20.8 Å². The Kier molecular flexibility index (Phi) is 5.18. The van der Waals surface area contributed by atoms with Crippen LogP contribution in [0.1, 0.15) is 69.7 Å². The summed E-state index contributed by atoms with van der Waals surface area (Å²) in [4.78, 5) is 40.6. The van der Waals surface area contributed by atoms with Gasteiger partial charge >= 0.3 is 5.97 Å². The molecule has 7 atom stereocenters. The van der Waals surface area contributed by atoms with Crippen LogP contribution in [0.15, 0.2) is 24.3 Å². The van der Waals surface area contributed by atoms with Crippen molar-refractivity contribution in [2.24, 2.45) is 41.4 Å². The van der Waals surface area contributed by atoms with Crippen molar-refractivity contribution in [1.82, 2.24) is 0 Å². The van der Waals surface area contributed by atoms with Crippen LogP contribution >= 0.6 is 0 Å². The second-order valence-corrected chi connectivity index (χ2v) is 10.7. The van der Waals surface area contributed by atoms with E-state index in [1.165, 1.54) is 11.3 Å². The van der Waals surface area contributed by atoms with E-state index in [4.69, 9.17) is 4.74 Å². The molecule has 0 spiro atoms. The maximum atomic E-state index is 13.1. The molecule has 4 fully saturated rings. The Morgan fingerprint density at radius 1 is 1.00 bits per heavy atom. The molecule has 1 heterocycles. The number of nitrogens with zero attached hydrogens (tertiary/aromatic N) is 1. The molecule has 0 radical (unpaired) electrons. The van der Waals surface area contributed by atoms with E-state index in [0.717, 1.165) is 32.1 Å². The van der Waals surface area contributed by atoms with E-state index >= 15 is 0 Å². The van der Waals surface area contributed by atoms with Crippen LogP contribution < -0.4 is 4.90 Å². The van der Waals surface area contributed by atoms with Gasteiger partial charge in [0.05, 0.1) is 23.1 Å². The molecule has 166 valence electrons. The quantitative estimate of drug-likeness (QED) is 0.513. The number of imide groups is 1. The predicted molar refractivity (Wildman–Crippen MR) is 117 cm³/mol. The Morgan fingerprint density at radius 2 is 1.68 bits per heavy atom. The van der Waals surface area contributed by atoms with Gasteiger partial charge in [0.15, 0.2) is 0 Å². The first kappa shape index (κ1) is 20.7. The summed E-state index contributed by atoms with van der Waals surface area (Å²) in [5, 5.41) is 0. The third-order valence-corrected chi connectivity index (χ3v) is 8.49. The molecule has 0 N–H and O–H groups in total. The van der Waals surface area contributed by atoms with Gasteiger partial charge in [-0.1, -0.05) is 33.3 Å². The van der Waals surface area contributed by atoms with Gasteiger partial charge in [-0.25, -0.2) is 4.79 Å². The van der Waals surface area contributed by atoms with Gasteiger partial charge in [-0.15, -0.1) is 0 Å². The molecule has 3 saturated carbocycles. The Morgan fingerprint density at radius 3 is 2.32 bits per heavy atom. The lowest BCUT2D eigenvalue weighted by Gasteiger charge is -2.36. The first-order valence-corrected chi connectivity index (χ1v) is 12.0. The molecule has 31 heavy (non-hydrogen) atoms. The third kappa shape index (κ3) is 3.41. The topological polar surface area (TPSA) is 63.7 Å². The van der Waals surface area contributed by atoms with E-state index < -0.39 is 0 Å². The molecule has 1 saturated heterocycles. The van der Waals surface area contributed by atoms with Crippen LogP contribution in [0.25, 0.3) is 0 Å². The SMILES string of the molecule is CC1CCC(C(C)C)C(OC(=O)c2cccc(N3C(=O)C4C5CCC(C5)C4C3=O)c2)C1. The second kappa shape index (κ2) is 7.75. The Bertz CT molecular complexity index is 880. The van der Waals surface area contributed by atoms with Gasteiger partial charge in [0.1, 0.15) is 6.10 Å². The average molecular weight is 424 g/mol. The predicted octanol–water partition coefficient (Wildman–Crippen LogP) is 4.84. The minimum atomic E-state index is -0.356. The highest BCUT2D eigenvalue weighted by Crippen LogP contribution is 2.56. The van der Waals surface area contributed by atoms with Gasteiger partial charge in [0.25, 0.3) is 0 Å². The molecular weight excluding hydrogens is 390 g/mol. The fraction of sp³-hybridized carbons (Fsp3) is 0.654. The molecule has 4 aliphatic rings. The number of hydrogen-bond acceptors (Lipinski definition) is 4. The number of carbonyl (C=O) groups excluding carboxylic acids is 3. The molecule has 1 aromatic rings. The van der Waals surface area contributed by atoms with E-state index in [1.54, 1.807) is 24.3 Å². The minimum absolute atomic E-state index is 0.0753. The Hall–Kier alpha value is -2.17. The van der Waals surface area contributed by atoms with Crippen molar-refractivity contribution in [3.8, 4) is 0 Å². The van der Waals surface area contributed by atoms with Gasteiger partial charge < -0.3 is 4.74 Å². The number of hydrogen-bond donors (Lipinski definition) is 0. The standard InChI is InChI=1S/C26H33NO4/c1-14(2)20-10-7-15(3)11-21(20)31-26(30)18-5-4-6-19(13-18)27-24(28)22-16-8-9-17(12-16)23(22)25(27)29/h4-6,13-17,20-23H,7-12H2,1-3H3. The number of ether oxygens (including phenoxy) is 1. The monoisotopic (exact) mass is 423 g/mol.